The number of furan rings is 1. The minimum atomic E-state index is -0.186. The fourth-order valence-electron chi connectivity index (χ4n) is 2.54. The topological polar surface area (TPSA) is 57.0 Å². The van der Waals surface area contributed by atoms with Gasteiger partial charge in [0.05, 0.1) is 21.9 Å². The molecule has 0 saturated heterocycles. The molecule has 0 aliphatic carbocycles. The van der Waals surface area contributed by atoms with Crippen LogP contribution in [0.15, 0.2) is 39.2 Å². The van der Waals surface area contributed by atoms with Gasteiger partial charge in [-0.15, -0.1) is 0 Å². The van der Waals surface area contributed by atoms with Gasteiger partial charge in [0.2, 0.25) is 0 Å². The second kappa shape index (κ2) is 5.66. The molecule has 0 spiro atoms. The fourth-order valence-corrected chi connectivity index (χ4v) is 3.31. The van der Waals surface area contributed by atoms with E-state index in [9.17, 15) is 0 Å². The maximum absolute atomic E-state index is 6.32. The van der Waals surface area contributed by atoms with Crippen molar-refractivity contribution >= 4 is 26.9 Å². The summed E-state index contributed by atoms with van der Waals surface area (Å²) in [4.78, 5) is 0. The number of hydrogen-bond acceptors (Lipinski definition) is 3. The summed E-state index contributed by atoms with van der Waals surface area (Å²) < 4.78 is 8.79. The Bertz CT molecular complexity index is 742. The molecular weight excluding hydrogens is 330 g/mol. The largest absolute Gasteiger partial charge is 0.459 e. The summed E-state index contributed by atoms with van der Waals surface area (Å²) in [5.41, 5.74) is 9.36. The lowest BCUT2D eigenvalue weighted by atomic mass is 10.1. The third kappa shape index (κ3) is 2.63. The van der Waals surface area contributed by atoms with Crippen LogP contribution in [0.25, 0.3) is 11.0 Å². The Morgan fingerprint density at radius 1 is 1.38 bits per heavy atom. The van der Waals surface area contributed by atoms with Gasteiger partial charge in [-0.25, -0.2) is 0 Å². The zero-order chi connectivity index (χ0) is 15.0. The molecule has 2 N–H and O–H groups in total. The van der Waals surface area contributed by atoms with E-state index in [1.54, 1.807) is 0 Å². The molecule has 1 aromatic carbocycles. The lowest BCUT2D eigenvalue weighted by Gasteiger charge is -2.09. The molecule has 2 aromatic heterocycles. The normalized spacial score (nSPS) is 13.0. The number of hydrogen-bond donors (Lipinski definition) is 1. The minimum absolute atomic E-state index is 0.186. The lowest BCUT2D eigenvalue weighted by molar-refractivity contribution is 0.486. The highest BCUT2D eigenvalue weighted by Gasteiger charge is 2.19. The first-order valence-electron chi connectivity index (χ1n) is 7.04. The number of rotatable bonds is 4. The highest BCUT2D eigenvalue weighted by molar-refractivity contribution is 9.10. The summed E-state index contributed by atoms with van der Waals surface area (Å²) in [5, 5.41) is 5.59. The van der Waals surface area contributed by atoms with Crippen molar-refractivity contribution in [2.24, 2.45) is 12.8 Å². The SMILES string of the molecule is CCc1nn(C)c(CC(N)c2cc3ccccc3o2)c1Br. The van der Waals surface area contributed by atoms with Crippen molar-refractivity contribution in [2.75, 3.05) is 0 Å². The summed E-state index contributed by atoms with van der Waals surface area (Å²) >= 11 is 3.63. The first-order chi connectivity index (χ1) is 10.1. The molecule has 1 unspecified atom stereocenters. The van der Waals surface area contributed by atoms with Crippen LogP contribution in [-0.2, 0) is 19.9 Å². The number of nitrogens with zero attached hydrogens (tertiary/aromatic N) is 2. The summed E-state index contributed by atoms with van der Waals surface area (Å²) in [6.45, 7) is 2.09. The van der Waals surface area contributed by atoms with Crippen LogP contribution in [-0.4, -0.2) is 9.78 Å². The van der Waals surface area contributed by atoms with Gasteiger partial charge in [-0.1, -0.05) is 25.1 Å². The predicted molar refractivity (Wildman–Crippen MR) is 87.1 cm³/mol. The zero-order valence-electron chi connectivity index (χ0n) is 12.1. The molecule has 0 saturated carbocycles. The van der Waals surface area contributed by atoms with Gasteiger partial charge in [0.1, 0.15) is 11.3 Å². The number of nitrogens with two attached hydrogens (primary N) is 1. The van der Waals surface area contributed by atoms with Gasteiger partial charge in [0.15, 0.2) is 0 Å². The molecule has 0 aliphatic heterocycles. The van der Waals surface area contributed by atoms with E-state index in [0.717, 1.165) is 39.0 Å². The Balaban J connectivity index is 1.89. The zero-order valence-corrected chi connectivity index (χ0v) is 13.7. The Morgan fingerprint density at radius 2 is 2.14 bits per heavy atom. The smallest absolute Gasteiger partial charge is 0.134 e. The van der Waals surface area contributed by atoms with Crippen molar-refractivity contribution in [2.45, 2.75) is 25.8 Å². The van der Waals surface area contributed by atoms with Crippen molar-refractivity contribution in [3.63, 3.8) is 0 Å². The summed E-state index contributed by atoms with van der Waals surface area (Å²) in [6.07, 6.45) is 1.58. The van der Waals surface area contributed by atoms with Crippen molar-refractivity contribution in [3.05, 3.63) is 52.0 Å². The molecule has 3 rings (SSSR count). The Labute approximate surface area is 132 Å². The fraction of sp³-hybridized carbons (Fsp3) is 0.312. The second-order valence-corrected chi connectivity index (χ2v) is 5.97. The van der Waals surface area contributed by atoms with E-state index in [1.807, 2.05) is 42.1 Å². The minimum Gasteiger partial charge on any atom is -0.459 e. The molecular formula is C16H18BrN3O. The van der Waals surface area contributed by atoms with Crippen LogP contribution < -0.4 is 5.73 Å². The summed E-state index contributed by atoms with van der Waals surface area (Å²) in [7, 11) is 1.95. The Hall–Kier alpha value is -1.59. The van der Waals surface area contributed by atoms with E-state index in [-0.39, 0.29) is 6.04 Å². The lowest BCUT2D eigenvalue weighted by Crippen LogP contribution is -2.15. The molecule has 0 aliphatic rings. The average Bonchev–Trinajstić information content (AvgIpc) is 3.03. The van der Waals surface area contributed by atoms with Crippen molar-refractivity contribution in [1.82, 2.24) is 9.78 Å². The number of fused-ring (bicyclic) bond motifs is 1. The molecule has 3 aromatic rings. The molecule has 21 heavy (non-hydrogen) atoms. The van der Waals surface area contributed by atoms with Gasteiger partial charge < -0.3 is 10.2 Å². The van der Waals surface area contributed by atoms with Gasteiger partial charge in [-0.3, -0.25) is 4.68 Å². The average molecular weight is 348 g/mol. The van der Waals surface area contributed by atoms with Crippen LogP contribution in [0.4, 0.5) is 0 Å². The molecule has 0 fully saturated rings. The maximum atomic E-state index is 6.32. The summed E-state index contributed by atoms with van der Waals surface area (Å²) in [6, 6.07) is 9.79. The number of halogens is 1. The number of benzene rings is 1. The maximum Gasteiger partial charge on any atom is 0.134 e. The molecule has 2 heterocycles. The number of para-hydroxylation sites is 1. The van der Waals surface area contributed by atoms with Crippen LogP contribution in [0.5, 0.6) is 0 Å². The van der Waals surface area contributed by atoms with Crippen LogP contribution >= 0.6 is 15.9 Å². The molecule has 0 bridgehead atoms. The summed E-state index contributed by atoms with van der Waals surface area (Å²) in [5.74, 6) is 0.808. The first kappa shape index (κ1) is 14.4. The van der Waals surface area contributed by atoms with Crippen molar-refractivity contribution in [3.8, 4) is 0 Å². The standard InChI is InChI=1S/C16H18BrN3O/c1-3-12-16(17)13(20(2)19-12)9-11(18)15-8-10-6-4-5-7-14(10)21-15/h4-8,11H,3,9,18H2,1-2H3. The molecule has 1 atom stereocenters. The highest BCUT2D eigenvalue weighted by atomic mass is 79.9. The van der Waals surface area contributed by atoms with Crippen molar-refractivity contribution < 1.29 is 4.42 Å². The van der Waals surface area contributed by atoms with Crippen LogP contribution in [0.3, 0.4) is 0 Å². The van der Waals surface area contributed by atoms with E-state index >= 15 is 0 Å². The Morgan fingerprint density at radius 3 is 2.81 bits per heavy atom. The molecule has 110 valence electrons. The highest BCUT2D eigenvalue weighted by Crippen LogP contribution is 2.28. The Kier molecular flexibility index (Phi) is 3.87. The van der Waals surface area contributed by atoms with Crippen molar-refractivity contribution in [1.29, 1.82) is 0 Å². The van der Waals surface area contributed by atoms with Gasteiger partial charge in [0, 0.05) is 18.9 Å². The third-order valence-electron chi connectivity index (χ3n) is 3.73. The van der Waals surface area contributed by atoms with Gasteiger partial charge in [0.25, 0.3) is 0 Å². The van der Waals surface area contributed by atoms with E-state index < -0.39 is 0 Å². The molecule has 0 amide bonds. The van der Waals surface area contributed by atoms with E-state index in [2.05, 4.69) is 28.0 Å². The van der Waals surface area contributed by atoms with Crippen LogP contribution in [0.2, 0.25) is 0 Å². The van der Waals surface area contributed by atoms with Crippen LogP contribution in [0, 0.1) is 0 Å². The third-order valence-corrected chi connectivity index (χ3v) is 4.64. The monoisotopic (exact) mass is 347 g/mol. The van der Waals surface area contributed by atoms with Gasteiger partial charge in [-0.05, 0) is 34.5 Å². The van der Waals surface area contributed by atoms with E-state index in [4.69, 9.17) is 10.2 Å². The van der Waals surface area contributed by atoms with Gasteiger partial charge >= 0.3 is 0 Å². The molecule has 5 heteroatoms. The predicted octanol–water partition coefficient (Wildman–Crippen LogP) is 3.73. The molecule has 4 nitrogen and oxygen atoms in total. The number of aryl methyl sites for hydroxylation is 2. The van der Waals surface area contributed by atoms with Gasteiger partial charge in [-0.2, -0.15) is 5.10 Å². The quantitative estimate of drug-likeness (QED) is 0.782. The first-order valence-corrected chi connectivity index (χ1v) is 7.83. The molecule has 0 radical (unpaired) electrons. The van der Waals surface area contributed by atoms with E-state index in [1.165, 1.54) is 0 Å². The number of aromatic nitrogens is 2. The van der Waals surface area contributed by atoms with E-state index in [0.29, 0.717) is 6.42 Å². The van der Waals surface area contributed by atoms with Crippen LogP contribution in [0.1, 0.15) is 30.1 Å². The second-order valence-electron chi connectivity index (χ2n) is 5.18.